The van der Waals surface area contributed by atoms with E-state index in [1.807, 2.05) is 59.3 Å². The minimum absolute atomic E-state index is 0.280. The van der Waals surface area contributed by atoms with E-state index in [0.29, 0.717) is 34.3 Å². The molecule has 2 aliphatic rings. The summed E-state index contributed by atoms with van der Waals surface area (Å²) in [6.07, 6.45) is 5.21. The Morgan fingerprint density at radius 3 is 2.67 bits per heavy atom. The van der Waals surface area contributed by atoms with Crippen LogP contribution in [0.3, 0.4) is 0 Å². The molecule has 1 aliphatic carbocycles. The first-order valence-electron chi connectivity index (χ1n) is 11.7. The van der Waals surface area contributed by atoms with Gasteiger partial charge in [-0.05, 0) is 35.4 Å². The smallest absolute Gasteiger partial charge is 0.407 e. The number of ether oxygens (including phenoxy) is 1. The molecule has 7 nitrogen and oxygen atoms in total. The Hall–Kier alpha value is -2.94. The molecule has 4 aromatic rings. The highest BCUT2D eigenvalue weighted by molar-refractivity contribution is 7.99. The van der Waals surface area contributed by atoms with Crippen molar-refractivity contribution in [3.8, 4) is 0 Å². The summed E-state index contributed by atoms with van der Waals surface area (Å²) in [5, 5.41) is 3.98. The van der Waals surface area contributed by atoms with E-state index in [9.17, 15) is 4.79 Å². The molecular weight excluding hydrogens is 517 g/mol. The Kier molecular flexibility index (Phi) is 6.41. The number of amides is 1. The normalized spacial score (nSPS) is 20.4. The lowest BCUT2D eigenvalue weighted by Crippen LogP contribution is -2.32. The highest BCUT2D eigenvalue weighted by atomic mass is 35.5. The lowest BCUT2D eigenvalue weighted by molar-refractivity contribution is 0.139. The fourth-order valence-electron chi connectivity index (χ4n) is 4.96. The standard InChI is InChI=1S/C26H23Cl2N5O2S/c27-20-7-4-8-21(23(20)28)36-22-12-30-25(33-10-9-29-24(22)33)32-13-18-17(19(18)14-32)11-31-26(34)35-15-16-5-2-1-3-6-16/h1-10,12,17-19H,11,13-15H2,(H,31,34)/t17?,18-,19+. The fourth-order valence-corrected chi connectivity index (χ4v) is 6.36. The van der Waals surface area contributed by atoms with Crippen LogP contribution in [-0.2, 0) is 11.3 Å². The minimum Gasteiger partial charge on any atom is -0.445 e. The van der Waals surface area contributed by atoms with Crippen molar-refractivity contribution in [2.24, 2.45) is 17.8 Å². The van der Waals surface area contributed by atoms with Crippen molar-refractivity contribution in [2.45, 2.75) is 16.4 Å². The van der Waals surface area contributed by atoms with Crippen LogP contribution >= 0.6 is 35.0 Å². The molecule has 2 aromatic carbocycles. The molecule has 10 heteroatoms. The van der Waals surface area contributed by atoms with Crippen LogP contribution in [0.4, 0.5) is 10.7 Å². The Labute approximate surface area is 222 Å². The maximum Gasteiger partial charge on any atom is 0.407 e. The summed E-state index contributed by atoms with van der Waals surface area (Å²) in [6.45, 7) is 2.73. The molecule has 1 unspecified atom stereocenters. The number of halogens is 2. The van der Waals surface area contributed by atoms with Crippen LogP contribution in [0.25, 0.3) is 5.65 Å². The number of aromatic nitrogens is 3. The van der Waals surface area contributed by atoms with Crippen molar-refractivity contribution in [3.05, 3.63) is 82.7 Å². The fraction of sp³-hybridized carbons (Fsp3) is 0.269. The highest BCUT2D eigenvalue weighted by Gasteiger charge is 2.56. The van der Waals surface area contributed by atoms with Crippen molar-refractivity contribution in [3.63, 3.8) is 0 Å². The first-order valence-corrected chi connectivity index (χ1v) is 13.3. The number of carbonyl (C=O) groups is 1. The first-order chi connectivity index (χ1) is 17.6. The lowest BCUT2D eigenvalue weighted by atomic mass is 10.2. The van der Waals surface area contributed by atoms with Gasteiger partial charge in [-0.25, -0.2) is 14.8 Å². The van der Waals surface area contributed by atoms with Gasteiger partial charge in [0.25, 0.3) is 0 Å². The number of fused-ring (bicyclic) bond motifs is 2. The summed E-state index contributed by atoms with van der Waals surface area (Å²) >= 11 is 14.1. The third-order valence-electron chi connectivity index (χ3n) is 6.86. The monoisotopic (exact) mass is 539 g/mol. The summed E-state index contributed by atoms with van der Waals surface area (Å²) < 4.78 is 7.36. The molecular formula is C26H23Cl2N5O2S. The van der Waals surface area contributed by atoms with E-state index >= 15 is 0 Å². The molecule has 1 aliphatic heterocycles. The quantitative estimate of drug-likeness (QED) is 0.320. The van der Waals surface area contributed by atoms with E-state index in [1.54, 1.807) is 12.3 Å². The minimum atomic E-state index is -0.365. The van der Waals surface area contributed by atoms with Crippen LogP contribution in [-0.4, -0.2) is 40.1 Å². The number of rotatable bonds is 7. The van der Waals surface area contributed by atoms with E-state index in [1.165, 1.54) is 11.8 Å². The number of alkyl carbamates (subject to hydrolysis) is 1. The molecule has 0 radical (unpaired) electrons. The summed E-state index contributed by atoms with van der Waals surface area (Å²) in [7, 11) is 0. The maximum absolute atomic E-state index is 12.1. The van der Waals surface area contributed by atoms with Crippen molar-refractivity contribution in [2.75, 3.05) is 24.5 Å². The molecule has 1 N–H and O–H groups in total. The van der Waals surface area contributed by atoms with Crippen LogP contribution in [0.1, 0.15) is 5.56 Å². The molecule has 184 valence electrons. The second kappa shape index (κ2) is 9.84. The molecule has 6 rings (SSSR count). The average molecular weight is 540 g/mol. The predicted octanol–water partition coefficient (Wildman–Crippen LogP) is 5.80. The third kappa shape index (κ3) is 4.61. The largest absolute Gasteiger partial charge is 0.445 e. The maximum atomic E-state index is 12.1. The zero-order valence-electron chi connectivity index (χ0n) is 19.2. The van der Waals surface area contributed by atoms with Gasteiger partial charge < -0.3 is 15.0 Å². The summed E-state index contributed by atoms with van der Waals surface area (Å²) in [4.78, 5) is 25.5. The summed E-state index contributed by atoms with van der Waals surface area (Å²) in [5.41, 5.74) is 1.81. The number of nitrogens with zero attached hydrogens (tertiary/aromatic N) is 4. The van der Waals surface area contributed by atoms with Crippen LogP contribution in [0.5, 0.6) is 0 Å². The van der Waals surface area contributed by atoms with Crippen LogP contribution in [0.2, 0.25) is 10.0 Å². The number of hydrogen-bond donors (Lipinski definition) is 1. The lowest BCUT2D eigenvalue weighted by Gasteiger charge is -2.22. The van der Waals surface area contributed by atoms with Gasteiger partial charge in [0, 0.05) is 43.1 Å². The van der Waals surface area contributed by atoms with Gasteiger partial charge >= 0.3 is 6.09 Å². The predicted molar refractivity (Wildman–Crippen MR) is 141 cm³/mol. The first kappa shape index (κ1) is 23.5. The van der Waals surface area contributed by atoms with Gasteiger partial charge in [-0.1, -0.05) is 71.4 Å². The number of imidazole rings is 1. The van der Waals surface area contributed by atoms with Gasteiger partial charge in [0.2, 0.25) is 5.95 Å². The Morgan fingerprint density at radius 2 is 1.86 bits per heavy atom. The molecule has 2 aromatic heterocycles. The molecule has 0 bridgehead atoms. The van der Waals surface area contributed by atoms with Crippen LogP contribution < -0.4 is 10.2 Å². The SMILES string of the molecule is O=C(NCC1[C@H]2CN(c3ncc(Sc4cccc(Cl)c4Cl)c4nccn34)C[C@@H]12)OCc1ccccc1. The number of nitrogens with one attached hydrogen (secondary N) is 1. The van der Waals surface area contributed by atoms with Crippen LogP contribution in [0.15, 0.2) is 76.9 Å². The number of piperidine rings is 1. The molecule has 2 fully saturated rings. The van der Waals surface area contributed by atoms with Gasteiger partial charge in [0.05, 0.1) is 14.9 Å². The van der Waals surface area contributed by atoms with Gasteiger partial charge in [-0.15, -0.1) is 0 Å². The Morgan fingerprint density at radius 1 is 1.06 bits per heavy atom. The highest BCUT2D eigenvalue weighted by Crippen LogP contribution is 2.52. The second-order valence-corrected chi connectivity index (χ2v) is 10.9. The third-order valence-corrected chi connectivity index (χ3v) is 8.86. The van der Waals surface area contributed by atoms with Gasteiger partial charge in [0.15, 0.2) is 5.65 Å². The molecule has 0 spiro atoms. The summed E-state index contributed by atoms with van der Waals surface area (Å²) in [6, 6.07) is 15.3. The van der Waals surface area contributed by atoms with Crippen molar-refractivity contribution in [1.82, 2.24) is 19.7 Å². The molecule has 36 heavy (non-hydrogen) atoms. The van der Waals surface area contributed by atoms with Gasteiger partial charge in [0.1, 0.15) is 6.61 Å². The Bertz CT molecular complexity index is 1400. The van der Waals surface area contributed by atoms with E-state index in [4.69, 9.17) is 32.9 Å². The molecule has 3 atom stereocenters. The van der Waals surface area contributed by atoms with Crippen molar-refractivity contribution >= 4 is 52.7 Å². The zero-order chi connectivity index (χ0) is 24.6. The number of anilines is 1. The molecule has 3 heterocycles. The number of hydrogen-bond acceptors (Lipinski definition) is 6. The molecule has 1 saturated carbocycles. The van der Waals surface area contributed by atoms with E-state index in [2.05, 4.69) is 15.2 Å². The van der Waals surface area contributed by atoms with E-state index in [-0.39, 0.29) is 12.7 Å². The van der Waals surface area contributed by atoms with Crippen molar-refractivity contribution in [1.29, 1.82) is 0 Å². The average Bonchev–Trinajstić information content (AvgIpc) is 3.24. The van der Waals surface area contributed by atoms with Gasteiger partial charge in [-0.3, -0.25) is 4.40 Å². The van der Waals surface area contributed by atoms with Gasteiger partial charge in [-0.2, -0.15) is 0 Å². The number of carbonyl (C=O) groups excluding carboxylic acids is 1. The second-order valence-electron chi connectivity index (χ2n) is 9.04. The van der Waals surface area contributed by atoms with Crippen molar-refractivity contribution < 1.29 is 9.53 Å². The zero-order valence-corrected chi connectivity index (χ0v) is 21.5. The number of benzene rings is 2. The van der Waals surface area contributed by atoms with E-state index in [0.717, 1.165) is 40.0 Å². The summed E-state index contributed by atoms with van der Waals surface area (Å²) in [5.74, 6) is 2.44. The Balaban J connectivity index is 1.06. The van der Waals surface area contributed by atoms with E-state index < -0.39 is 0 Å². The van der Waals surface area contributed by atoms with Crippen LogP contribution in [0, 0.1) is 17.8 Å². The molecule has 1 amide bonds. The topological polar surface area (TPSA) is 71.8 Å². The molecule has 1 saturated heterocycles.